The number of benzene rings is 3. The van der Waals surface area contributed by atoms with E-state index in [0.29, 0.717) is 50.8 Å². The van der Waals surface area contributed by atoms with Crippen LogP contribution in [0, 0.1) is 24.7 Å². The number of aryl methyl sites for hydroxylation is 1. The average molecular weight is 931 g/mol. The molecular formula is C46H49F7N6O7. The summed E-state index contributed by atoms with van der Waals surface area (Å²) in [4.78, 5) is 66.7. The van der Waals surface area contributed by atoms with Gasteiger partial charge in [-0.15, -0.1) is 0 Å². The minimum absolute atomic E-state index is 0.0357. The van der Waals surface area contributed by atoms with Gasteiger partial charge in [-0.3, -0.25) is 19.5 Å². The van der Waals surface area contributed by atoms with E-state index in [2.05, 4.69) is 30.2 Å². The van der Waals surface area contributed by atoms with E-state index < -0.39 is 53.7 Å². The topological polar surface area (TPSA) is 195 Å². The number of amides is 2. The fraction of sp³-hybridized carbons (Fsp3) is 0.457. The van der Waals surface area contributed by atoms with Crippen LogP contribution < -0.4 is 16.4 Å². The first-order valence-corrected chi connectivity index (χ1v) is 21.4. The van der Waals surface area contributed by atoms with Gasteiger partial charge in [-0.25, -0.2) is 14.6 Å². The Morgan fingerprint density at radius 1 is 0.818 bits per heavy atom. The number of carbonyl (C=O) groups excluding carboxylic acids is 5. The highest BCUT2D eigenvalue weighted by Gasteiger charge is 2.66. The van der Waals surface area contributed by atoms with Gasteiger partial charge in [0.1, 0.15) is 11.9 Å². The molecule has 1 aromatic heterocycles. The molecule has 2 saturated carbocycles. The van der Waals surface area contributed by atoms with Crippen LogP contribution in [0.4, 0.5) is 36.4 Å². The zero-order chi connectivity index (χ0) is 48.0. The summed E-state index contributed by atoms with van der Waals surface area (Å²) in [6.45, 7) is 2.38. The summed E-state index contributed by atoms with van der Waals surface area (Å²) in [6, 6.07) is 17.9. The third-order valence-electron chi connectivity index (χ3n) is 12.2. The van der Waals surface area contributed by atoms with E-state index in [1.54, 1.807) is 23.3 Å². The van der Waals surface area contributed by atoms with Gasteiger partial charge in [0, 0.05) is 41.1 Å². The van der Waals surface area contributed by atoms with Crippen molar-refractivity contribution in [1.29, 1.82) is 0 Å². The van der Waals surface area contributed by atoms with E-state index in [-0.39, 0.29) is 66.4 Å². The van der Waals surface area contributed by atoms with E-state index in [0.717, 1.165) is 35.1 Å². The zero-order valence-corrected chi connectivity index (χ0v) is 36.0. The van der Waals surface area contributed by atoms with Crippen LogP contribution in [0.1, 0.15) is 85.1 Å². The van der Waals surface area contributed by atoms with Gasteiger partial charge in [-0.05, 0) is 136 Å². The van der Waals surface area contributed by atoms with Crippen LogP contribution in [0.15, 0.2) is 66.7 Å². The molecule has 2 amide bonds. The smallest absolute Gasteiger partial charge is 0.464 e. The average Bonchev–Trinajstić information content (AvgIpc) is 3.81. The van der Waals surface area contributed by atoms with Gasteiger partial charge in [-0.1, -0.05) is 30.3 Å². The van der Waals surface area contributed by atoms with Gasteiger partial charge in [0.25, 0.3) is 5.91 Å². The van der Waals surface area contributed by atoms with Crippen LogP contribution in [0.3, 0.4) is 0 Å². The van der Waals surface area contributed by atoms with Gasteiger partial charge in [-0.2, -0.15) is 35.8 Å². The van der Waals surface area contributed by atoms with Gasteiger partial charge in [0.05, 0.1) is 7.11 Å². The molecule has 0 spiro atoms. The lowest BCUT2D eigenvalue weighted by Crippen LogP contribution is -2.46. The van der Waals surface area contributed by atoms with Crippen molar-refractivity contribution in [3.63, 3.8) is 0 Å². The molecule has 6 rings (SSSR count). The summed E-state index contributed by atoms with van der Waals surface area (Å²) in [7, 11) is 0.543. The molecule has 20 heteroatoms. The molecular weight excluding hydrogens is 882 g/mol. The zero-order valence-electron chi connectivity index (χ0n) is 36.0. The first kappa shape index (κ1) is 49.3. The Bertz CT molecular complexity index is 2380. The number of hydrogen-bond donors (Lipinski definition) is 4. The number of ether oxygens (including phenoxy) is 2. The number of halogens is 7. The van der Waals surface area contributed by atoms with Crippen molar-refractivity contribution in [2.45, 2.75) is 101 Å². The monoisotopic (exact) mass is 930 g/mol. The fourth-order valence-electron chi connectivity index (χ4n) is 8.32. The van der Waals surface area contributed by atoms with Crippen LogP contribution in [-0.2, 0) is 41.0 Å². The van der Waals surface area contributed by atoms with E-state index in [4.69, 9.17) is 5.73 Å². The molecule has 4 aromatic rings. The number of esters is 2. The van der Waals surface area contributed by atoms with Gasteiger partial charge >= 0.3 is 30.0 Å². The van der Waals surface area contributed by atoms with Crippen molar-refractivity contribution in [3.8, 4) is 22.5 Å². The molecule has 3 aromatic carbocycles. The van der Waals surface area contributed by atoms with Gasteiger partial charge in [0.15, 0.2) is 5.82 Å². The number of aromatic nitrogens is 3. The van der Waals surface area contributed by atoms with E-state index in [9.17, 15) is 54.7 Å². The number of ketones is 1. The number of nitrogens with zero attached hydrogens (tertiary/aromatic N) is 2. The Balaban J connectivity index is 1.10. The number of rotatable bonds is 16. The van der Waals surface area contributed by atoms with Crippen molar-refractivity contribution < 1.29 is 64.2 Å². The number of Topliss-reactive ketones (excluding diaryl/α,β-unsaturated/α-hetero) is 1. The van der Waals surface area contributed by atoms with E-state index >= 15 is 0 Å². The number of hydrogen-bond acceptors (Lipinski definition) is 10. The van der Waals surface area contributed by atoms with Crippen LogP contribution >= 0.6 is 0 Å². The van der Waals surface area contributed by atoms with E-state index in [1.807, 2.05) is 31.2 Å². The summed E-state index contributed by atoms with van der Waals surface area (Å²) in [6.07, 6.45) is -1.72. The van der Waals surface area contributed by atoms with Crippen LogP contribution in [-0.4, -0.2) is 82.6 Å². The maximum atomic E-state index is 14.5. The predicted molar refractivity (Wildman–Crippen MR) is 225 cm³/mol. The Kier molecular flexibility index (Phi) is 15.3. The fourth-order valence-corrected chi connectivity index (χ4v) is 8.32. The Labute approximate surface area is 374 Å². The number of nitrogens with one attached hydrogen (secondary N) is 3. The van der Waals surface area contributed by atoms with Crippen molar-refractivity contribution in [1.82, 2.24) is 20.5 Å². The molecule has 0 saturated heterocycles. The summed E-state index contributed by atoms with van der Waals surface area (Å²) >= 11 is 0. The number of aromatic amines is 1. The summed E-state index contributed by atoms with van der Waals surface area (Å²) < 4.78 is 103. The predicted octanol–water partition coefficient (Wildman–Crippen LogP) is 8.02. The van der Waals surface area contributed by atoms with Crippen molar-refractivity contribution >= 4 is 35.2 Å². The maximum absolute atomic E-state index is 14.5. The highest BCUT2D eigenvalue weighted by Crippen LogP contribution is 2.42. The molecule has 2 aliphatic rings. The lowest BCUT2D eigenvalue weighted by atomic mass is 9.77. The molecule has 1 heterocycles. The third kappa shape index (κ3) is 11.6. The number of nitrogens with two attached hydrogens (primary N) is 1. The molecule has 354 valence electrons. The Hall–Kier alpha value is -6.18. The second-order valence-electron chi connectivity index (χ2n) is 16.8. The lowest BCUT2D eigenvalue weighted by Gasteiger charge is -2.29. The van der Waals surface area contributed by atoms with Gasteiger partial charge < -0.3 is 25.8 Å². The SMILES string of the molecule is COC(=O)C(F)(F)C(F)(F)c1nc(-c2ccc(NC(=O)[C@@H](CC(=O)C3CCC(CN)CC3)Cc3ccc(-c4ccc(C(=O)NC5CCC(OC(=O)C(F)(F)F)CC5)cc4C)cc3)cc2)n[nH]1. The number of alkyl halides is 7. The molecule has 13 nitrogen and oxygen atoms in total. The molecule has 1 atom stereocenters. The second kappa shape index (κ2) is 20.6. The number of carbonyl (C=O) groups is 5. The van der Waals surface area contributed by atoms with Crippen molar-refractivity contribution in [2.24, 2.45) is 23.5 Å². The van der Waals surface area contributed by atoms with E-state index in [1.165, 1.54) is 24.3 Å². The number of anilines is 1. The van der Waals surface area contributed by atoms with Crippen LogP contribution in [0.2, 0.25) is 0 Å². The minimum atomic E-state index is -5.23. The Morgan fingerprint density at radius 2 is 1.45 bits per heavy atom. The van der Waals surface area contributed by atoms with Crippen LogP contribution in [0.25, 0.3) is 22.5 Å². The minimum Gasteiger partial charge on any atom is -0.464 e. The summed E-state index contributed by atoms with van der Waals surface area (Å²) in [5.41, 5.74) is 9.86. The quantitative estimate of drug-likeness (QED) is 0.0631. The normalized spacial score (nSPS) is 19.6. The van der Waals surface area contributed by atoms with Crippen LogP contribution in [0.5, 0.6) is 0 Å². The largest absolute Gasteiger partial charge is 0.490 e. The highest BCUT2D eigenvalue weighted by atomic mass is 19.4. The lowest BCUT2D eigenvalue weighted by molar-refractivity contribution is -0.233. The highest BCUT2D eigenvalue weighted by molar-refractivity contribution is 5.97. The first-order chi connectivity index (χ1) is 31.2. The number of H-pyrrole nitrogens is 1. The molecule has 2 fully saturated rings. The molecule has 0 radical (unpaired) electrons. The molecule has 0 bridgehead atoms. The summed E-state index contributed by atoms with van der Waals surface area (Å²) in [5, 5.41) is 11.1. The first-order valence-electron chi connectivity index (χ1n) is 21.4. The molecule has 2 aliphatic carbocycles. The van der Waals surface area contributed by atoms with Gasteiger partial charge in [0.2, 0.25) is 11.7 Å². The second-order valence-corrected chi connectivity index (χ2v) is 16.8. The maximum Gasteiger partial charge on any atom is 0.490 e. The molecule has 5 N–H and O–H groups in total. The molecule has 0 unspecified atom stereocenters. The Morgan fingerprint density at radius 3 is 2.05 bits per heavy atom. The van der Waals surface area contributed by atoms with Crippen molar-refractivity contribution in [2.75, 3.05) is 19.0 Å². The standard InChI is InChI=1S/C46H49F7N6O7/c1-25-21-31(39(61)55-34-16-18-35(19-17-34)66-43(64)46(51,52)53)13-20-36(25)28-7-3-26(4-8-28)22-32(23-37(60)29-9-5-27(24-54)6-10-29)40(62)56-33-14-11-30(12-15-33)38-57-41(59-58-38)44(47,48)45(49,50)42(63)65-2/h3-4,7-8,11-15,20-21,27,29,32,34-35H,5-6,9-10,16-19,22-24,54H2,1-2H3,(H,55,61)(H,56,62)(H,57,58,59)/t27?,29?,32-,34?,35?/m1/s1. The summed E-state index contributed by atoms with van der Waals surface area (Å²) in [5.74, 6) is -18.4. The van der Waals surface area contributed by atoms with Crippen molar-refractivity contribution in [3.05, 3.63) is 89.2 Å². The molecule has 66 heavy (non-hydrogen) atoms. The molecule has 0 aliphatic heterocycles. The number of methoxy groups -OCH3 is 1. The third-order valence-corrected chi connectivity index (χ3v) is 12.2.